The van der Waals surface area contributed by atoms with Crippen molar-refractivity contribution in [2.45, 2.75) is 19.5 Å². The van der Waals surface area contributed by atoms with Crippen LogP contribution in [-0.4, -0.2) is 32.1 Å². The van der Waals surface area contributed by atoms with Crippen molar-refractivity contribution >= 4 is 5.97 Å². The van der Waals surface area contributed by atoms with Crippen molar-refractivity contribution in [3.8, 4) is 0 Å². The van der Waals surface area contributed by atoms with Gasteiger partial charge < -0.3 is 5.11 Å². The van der Waals surface area contributed by atoms with E-state index in [0.29, 0.717) is 6.54 Å². The summed E-state index contributed by atoms with van der Waals surface area (Å²) in [5.41, 5.74) is 0.732. The zero-order chi connectivity index (χ0) is 9.84. The molecule has 2 N–H and O–H groups in total. The van der Waals surface area contributed by atoms with Crippen LogP contribution in [0, 0.1) is 0 Å². The average Bonchev–Trinajstić information content (AvgIpc) is 2.47. The van der Waals surface area contributed by atoms with Crippen LogP contribution in [-0.2, 0) is 18.4 Å². The fourth-order valence-corrected chi connectivity index (χ4v) is 0.821. The number of carboxylic acids is 1. The standard InChI is InChI=1S/C7H12N4O2/c1-5(7(12)13)8-3-6-4-11(2)10-9-6/h4-5,8H,3H2,1-2H3,(H,12,13). The van der Waals surface area contributed by atoms with Crippen molar-refractivity contribution in [2.75, 3.05) is 0 Å². The molecule has 0 saturated heterocycles. The first-order valence-corrected chi connectivity index (χ1v) is 3.91. The van der Waals surface area contributed by atoms with E-state index in [9.17, 15) is 4.79 Å². The van der Waals surface area contributed by atoms with E-state index in [1.807, 2.05) is 0 Å². The van der Waals surface area contributed by atoms with Crippen LogP contribution in [0.5, 0.6) is 0 Å². The van der Waals surface area contributed by atoms with Crippen LogP contribution in [0.15, 0.2) is 6.20 Å². The van der Waals surface area contributed by atoms with E-state index >= 15 is 0 Å². The number of hydrogen-bond donors (Lipinski definition) is 2. The minimum Gasteiger partial charge on any atom is -0.480 e. The first-order valence-electron chi connectivity index (χ1n) is 3.91. The second-order valence-corrected chi connectivity index (χ2v) is 2.82. The highest BCUT2D eigenvalue weighted by Gasteiger charge is 2.09. The molecule has 0 aliphatic heterocycles. The molecule has 1 rings (SSSR count). The van der Waals surface area contributed by atoms with Crippen molar-refractivity contribution in [2.24, 2.45) is 7.05 Å². The van der Waals surface area contributed by atoms with Crippen LogP contribution < -0.4 is 5.32 Å². The molecule has 6 heteroatoms. The lowest BCUT2D eigenvalue weighted by Crippen LogP contribution is -2.33. The zero-order valence-corrected chi connectivity index (χ0v) is 7.56. The molecule has 0 aromatic carbocycles. The van der Waals surface area contributed by atoms with Crippen LogP contribution in [0.1, 0.15) is 12.6 Å². The van der Waals surface area contributed by atoms with Gasteiger partial charge in [-0.3, -0.25) is 14.8 Å². The largest absolute Gasteiger partial charge is 0.480 e. The van der Waals surface area contributed by atoms with Gasteiger partial charge in [0.25, 0.3) is 0 Å². The van der Waals surface area contributed by atoms with E-state index < -0.39 is 12.0 Å². The molecule has 0 aliphatic carbocycles. The van der Waals surface area contributed by atoms with Gasteiger partial charge in [-0.05, 0) is 6.92 Å². The lowest BCUT2D eigenvalue weighted by Gasteiger charge is -2.05. The average molecular weight is 184 g/mol. The van der Waals surface area contributed by atoms with Gasteiger partial charge in [-0.1, -0.05) is 5.21 Å². The van der Waals surface area contributed by atoms with Crippen LogP contribution >= 0.6 is 0 Å². The molecule has 13 heavy (non-hydrogen) atoms. The predicted octanol–water partition coefficient (Wildman–Crippen LogP) is -0.622. The van der Waals surface area contributed by atoms with Crippen molar-refractivity contribution in [1.29, 1.82) is 0 Å². The Morgan fingerprint density at radius 2 is 2.54 bits per heavy atom. The topological polar surface area (TPSA) is 80.0 Å². The van der Waals surface area contributed by atoms with E-state index in [1.165, 1.54) is 0 Å². The first kappa shape index (κ1) is 9.66. The quantitative estimate of drug-likeness (QED) is 0.651. The van der Waals surface area contributed by atoms with Gasteiger partial charge in [-0.25, -0.2) is 0 Å². The van der Waals surface area contributed by atoms with Crippen molar-refractivity contribution in [3.05, 3.63) is 11.9 Å². The number of nitrogens with one attached hydrogen (secondary N) is 1. The molecule has 0 spiro atoms. The van der Waals surface area contributed by atoms with Crippen LogP contribution in [0.2, 0.25) is 0 Å². The van der Waals surface area contributed by atoms with E-state index in [1.54, 1.807) is 24.9 Å². The molecular formula is C7H12N4O2. The Labute approximate surface area is 75.6 Å². The number of aryl methyl sites for hydroxylation is 1. The van der Waals surface area contributed by atoms with E-state index in [2.05, 4.69) is 15.6 Å². The van der Waals surface area contributed by atoms with Crippen LogP contribution in [0.25, 0.3) is 0 Å². The minimum atomic E-state index is -0.871. The van der Waals surface area contributed by atoms with Gasteiger partial charge in [-0.15, -0.1) is 5.10 Å². The maximum Gasteiger partial charge on any atom is 0.320 e. The Morgan fingerprint density at radius 1 is 1.85 bits per heavy atom. The number of carbonyl (C=O) groups is 1. The number of rotatable bonds is 4. The molecule has 1 unspecified atom stereocenters. The highest BCUT2D eigenvalue weighted by molar-refractivity contribution is 5.72. The molecule has 72 valence electrons. The van der Waals surface area contributed by atoms with Crippen molar-refractivity contribution in [3.63, 3.8) is 0 Å². The van der Waals surface area contributed by atoms with Gasteiger partial charge >= 0.3 is 5.97 Å². The molecule has 0 bridgehead atoms. The Kier molecular flexibility index (Phi) is 2.97. The third-order valence-electron chi connectivity index (χ3n) is 1.61. The molecule has 1 aromatic rings. The summed E-state index contributed by atoms with van der Waals surface area (Å²) in [5.74, 6) is -0.871. The maximum absolute atomic E-state index is 10.4. The molecule has 0 saturated carbocycles. The Morgan fingerprint density at radius 3 is 3.00 bits per heavy atom. The SMILES string of the molecule is CC(NCc1cn(C)nn1)C(=O)O. The van der Waals surface area contributed by atoms with Gasteiger partial charge in [0, 0.05) is 19.8 Å². The lowest BCUT2D eigenvalue weighted by atomic mass is 10.3. The van der Waals surface area contributed by atoms with E-state index in [-0.39, 0.29) is 0 Å². The highest BCUT2D eigenvalue weighted by Crippen LogP contribution is 1.91. The Bertz CT molecular complexity index is 296. The third kappa shape index (κ3) is 2.83. The number of nitrogens with zero attached hydrogens (tertiary/aromatic N) is 3. The minimum absolute atomic E-state index is 0.418. The summed E-state index contributed by atoms with van der Waals surface area (Å²) < 4.78 is 1.57. The molecule has 1 aromatic heterocycles. The predicted molar refractivity (Wildman–Crippen MR) is 44.9 cm³/mol. The number of hydrogen-bond acceptors (Lipinski definition) is 4. The summed E-state index contributed by atoms with van der Waals surface area (Å²) in [4.78, 5) is 10.4. The van der Waals surface area contributed by atoms with Crippen molar-refractivity contribution < 1.29 is 9.90 Å². The van der Waals surface area contributed by atoms with Crippen molar-refractivity contribution in [1.82, 2.24) is 20.3 Å². The van der Waals surface area contributed by atoms with Gasteiger partial charge in [0.1, 0.15) is 6.04 Å². The molecule has 1 heterocycles. The summed E-state index contributed by atoms with van der Waals surface area (Å²) in [6.07, 6.45) is 1.74. The number of carboxylic acid groups (broad SMARTS) is 1. The highest BCUT2D eigenvalue weighted by atomic mass is 16.4. The molecule has 0 fully saturated rings. The molecule has 0 radical (unpaired) electrons. The zero-order valence-electron chi connectivity index (χ0n) is 7.56. The summed E-state index contributed by atoms with van der Waals surface area (Å²) in [6.45, 7) is 2.00. The third-order valence-corrected chi connectivity index (χ3v) is 1.61. The fourth-order valence-electron chi connectivity index (χ4n) is 0.821. The normalized spacial score (nSPS) is 12.8. The molecular weight excluding hydrogens is 172 g/mol. The number of aromatic nitrogens is 3. The van der Waals surface area contributed by atoms with Gasteiger partial charge in [0.15, 0.2) is 0 Å². The van der Waals surface area contributed by atoms with Crippen LogP contribution in [0.3, 0.4) is 0 Å². The van der Waals surface area contributed by atoms with Gasteiger partial charge in [0.05, 0.1) is 5.69 Å². The lowest BCUT2D eigenvalue weighted by molar-refractivity contribution is -0.139. The maximum atomic E-state index is 10.4. The monoisotopic (exact) mass is 184 g/mol. The molecule has 6 nitrogen and oxygen atoms in total. The summed E-state index contributed by atoms with van der Waals surface area (Å²) >= 11 is 0. The summed E-state index contributed by atoms with van der Waals surface area (Å²) in [5, 5.41) is 18.9. The first-order chi connectivity index (χ1) is 6.09. The second-order valence-electron chi connectivity index (χ2n) is 2.82. The van der Waals surface area contributed by atoms with Gasteiger partial charge in [-0.2, -0.15) is 0 Å². The molecule has 0 amide bonds. The second kappa shape index (κ2) is 3.99. The fraction of sp³-hybridized carbons (Fsp3) is 0.571. The van der Waals surface area contributed by atoms with E-state index in [4.69, 9.17) is 5.11 Å². The Hall–Kier alpha value is -1.43. The molecule has 0 aliphatic rings. The van der Waals surface area contributed by atoms with E-state index in [0.717, 1.165) is 5.69 Å². The number of aliphatic carboxylic acids is 1. The summed E-state index contributed by atoms with van der Waals surface area (Å²) in [6, 6.07) is -0.568. The Balaban J connectivity index is 2.39. The smallest absolute Gasteiger partial charge is 0.320 e. The summed E-state index contributed by atoms with van der Waals surface area (Å²) in [7, 11) is 1.76. The van der Waals surface area contributed by atoms with Gasteiger partial charge in [0.2, 0.25) is 0 Å². The van der Waals surface area contributed by atoms with Crippen LogP contribution in [0.4, 0.5) is 0 Å². The molecule has 1 atom stereocenters.